The van der Waals surface area contributed by atoms with Gasteiger partial charge in [0, 0.05) is 19.7 Å². The van der Waals surface area contributed by atoms with E-state index >= 15 is 0 Å². The van der Waals surface area contributed by atoms with Gasteiger partial charge < -0.3 is 10.6 Å². The summed E-state index contributed by atoms with van der Waals surface area (Å²) in [6.45, 7) is 0.631. The van der Waals surface area contributed by atoms with Crippen LogP contribution in [0.3, 0.4) is 0 Å². The number of nitrogens with zero attached hydrogens (tertiary/aromatic N) is 4. The van der Waals surface area contributed by atoms with E-state index in [0.717, 1.165) is 11.4 Å². The standard InChI is InChI=1S/C11H12FN5/c1-16-5-9-10(15-17(2)14-9)7-3-6(12)4-8(13)11(7)16/h3-4H,5,13H2,1-2H3. The molecule has 0 fully saturated rings. The van der Waals surface area contributed by atoms with E-state index in [-0.39, 0.29) is 5.82 Å². The molecule has 0 atom stereocenters. The second kappa shape index (κ2) is 3.19. The van der Waals surface area contributed by atoms with Crippen LogP contribution in [0.2, 0.25) is 0 Å². The zero-order chi connectivity index (χ0) is 12.2. The van der Waals surface area contributed by atoms with Gasteiger partial charge in [0.05, 0.1) is 17.9 Å². The van der Waals surface area contributed by atoms with Crippen LogP contribution in [0.5, 0.6) is 0 Å². The Labute approximate surface area is 97.6 Å². The molecule has 88 valence electrons. The summed E-state index contributed by atoms with van der Waals surface area (Å²) in [5.74, 6) is -0.354. The molecule has 0 aliphatic carbocycles. The Hall–Kier alpha value is -2.11. The fraction of sp³-hybridized carbons (Fsp3) is 0.273. The maximum atomic E-state index is 13.4. The van der Waals surface area contributed by atoms with Crippen LogP contribution in [0, 0.1) is 5.82 Å². The molecule has 17 heavy (non-hydrogen) atoms. The van der Waals surface area contributed by atoms with Crippen molar-refractivity contribution in [3.63, 3.8) is 0 Å². The van der Waals surface area contributed by atoms with Crippen molar-refractivity contribution >= 4 is 11.4 Å². The topological polar surface area (TPSA) is 60.0 Å². The Morgan fingerprint density at radius 1 is 1.29 bits per heavy atom. The molecular formula is C11H12FN5. The predicted molar refractivity (Wildman–Crippen MR) is 62.9 cm³/mol. The first-order valence-corrected chi connectivity index (χ1v) is 5.27. The summed E-state index contributed by atoms with van der Waals surface area (Å²) in [5.41, 5.74) is 9.37. The van der Waals surface area contributed by atoms with Crippen LogP contribution in [-0.4, -0.2) is 22.0 Å². The van der Waals surface area contributed by atoms with Gasteiger partial charge in [-0.25, -0.2) is 4.39 Å². The molecule has 0 saturated carbocycles. The number of nitrogens with two attached hydrogens (primary N) is 1. The first kappa shape index (κ1) is 10.1. The van der Waals surface area contributed by atoms with Crippen molar-refractivity contribution in [3.8, 4) is 11.3 Å². The molecule has 0 spiro atoms. The second-order valence-corrected chi connectivity index (χ2v) is 4.23. The number of rotatable bonds is 0. The average Bonchev–Trinajstić information content (AvgIpc) is 2.57. The summed E-state index contributed by atoms with van der Waals surface area (Å²) in [6, 6.07) is 2.78. The van der Waals surface area contributed by atoms with Crippen molar-refractivity contribution < 1.29 is 4.39 Å². The molecule has 0 saturated heterocycles. The average molecular weight is 233 g/mol. The molecule has 1 aliphatic heterocycles. The van der Waals surface area contributed by atoms with Crippen LogP contribution in [0.25, 0.3) is 11.3 Å². The smallest absolute Gasteiger partial charge is 0.126 e. The number of benzene rings is 1. The predicted octanol–water partition coefficient (Wildman–Crippen LogP) is 1.15. The van der Waals surface area contributed by atoms with Gasteiger partial charge in [0.25, 0.3) is 0 Å². The van der Waals surface area contributed by atoms with Crippen molar-refractivity contribution in [2.24, 2.45) is 7.05 Å². The van der Waals surface area contributed by atoms with E-state index < -0.39 is 0 Å². The molecular weight excluding hydrogens is 221 g/mol. The molecule has 0 unspecified atom stereocenters. The third-order valence-corrected chi connectivity index (χ3v) is 2.91. The maximum Gasteiger partial charge on any atom is 0.126 e. The van der Waals surface area contributed by atoms with Gasteiger partial charge in [-0.05, 0) is 12.1 Å². The highest BCUT2D eigenvalue weighted by atomic mass is 19.1. The van der Waals surface area contributed by atoms with E-state index in [1.54, 1.807) is 7.05 Å². The van der Waals surface area contributed by atoms with Gasteiger partial charge in [0.15, 0.2) is 0 Å². The van der Waals surface area contributed by atoms with Crippen LogP contribution in [0.4, 0.5) is 15.8 Å². The fourth-order valence-corrected chi connectivity index (χ4v) is 2.29. The molecule has 0 amide bonds. The minimum absolute atomic E-state index is 0.354. The van der Waals surface area contributed by atoms with E-state index in [1.165, 1.54) is 16.9 Å². The monoisotopic (exact) mass is 233 g/mol. The molecule has 2 aromatic rings. The number of hydrogen-bond donors (Lipinski definition) is 1. The molecule has 2 heterocycles. The lowest BCUT2D eigenvalue weighted by Gasteiger charge is -2.27. The number of anilines is 2. The SMILES string of the molecule is CN1Cc2nn(C)nc2-c2cc(F)cc(N)c21. The van der Waals surface area contributed by atoms with Gasteiger partial charge in [0.1, 0.15) is 17.2 Å². The van der Waals surface area contributed by atoms with Crippen LogP contribution < -0.4 is 10.6 Å². The summed E-state index contributed by atoms with van der Waals surface area (Å²) in [4.78, 5) is 3.45. The Morgan fingerprint density at radius 2 is 2.06 bits per heavy atom. The van der Waals surface area contributed by atoms with E-state index in [4.69, 9.17) is 5.73 Å². The zero-order valence-corrected chi connectivity index (χ0v) is 9.61. The molecule has 1 aliphatic rings. The maximum absolute atomic E-state index is 13.4. The highest BCUT2D eigenvalue weighted by Gasteiger charge is 2.26. The number of halogens is 1. The Kier molecular flexibility index (Phi) is 1.89. The quantitative estimate of drug-likeness (QED) is 0.693. The number of nitrogen functional groups attached to an aromatic ring is 1. The fourth-order valence-electron chi connectivity index (χ4n) is 2.29. The van der Waals surface area contributed by atoms with Gasteiger partial charge >= 0.3 is 0 Å². The summed E-state index contributed by atoms with van der Waals surface area (Å²) in [6.07, 6.45) is 0. The van der Waals surface area contributed by atoms with Gasteiger partial charge in [-0.2, -0.15) is 15.0 Å². The lowest BCUT2D eigenvalue weighted by atomic mass is 10.0. The summed E-state index contributed by atoms with van der Waals surface area (Å²) < 4.78 is 13.4. The number of aromatic nitrogens is 3. The van der Waals surface area contributed by atoms with Gasteiger partial charge in [-0.1, -0.05) is 0 Å². The van der Waals surface area contributed by atoms with Crippen LogP contribution in [0.1, 0.15) is 5.69 Å². The molecule has 1 aromatic carbocycles. The Balaban J connectivity index is 2.33. The highest BCUT2D eigenvalue weighted by molar-refractivity contribution is 5.88. The minimum atomic E-state index is -0.354. The van der Waals surface area contributed by atoms with E-state index in [1.807, 2.05) is 11.9 Å². The van der Waals surface area contributed by atoms with Crippen molar-refractivity contribution in [1.82, 2.24) is 15.0 Å². The van der Waals surface area contributed by atoms with Crippen molar-refractivity contribution in [1.29, 1.82) is 0 Å². The second-order valence-electron chi connectivity index (χ2n) is 4.23. The van der Waals surface area contributed by atoms with Crippen LogP contribution >= 0.6 is 0 Å². The van der Waals surface area contributed by atoms with Crippen molar-refractivity contribution in [3.05, 3.63) is 23.6 Å². The van der Waals surface area contributed by atoms with Crippen LogP contribution in [0.15, 0.2) is 12.1 Å². The summed E-state index contributed by atoms with van der Waals surface area (Å²) >= 11 is 0. The van der Waals surface area contributed by atoms with Gasteiger partial charge in [-0.15, -0.1) is 0 Å². The molecule has 2 N–H and O–H groups in total. The molecule has 1 aromatic heterocycles. The molecule has 0 bridgehead atoms. The molecule has 0 radical (unpaired) electrons. The third-order valence-electron chi connectivity index (χ3n) is 2.91. The van der Waals surface area contributed by atoms with E-state index in [2.05, 4.69) is 10.2 Å². The lowest BCUT2D eigenvalue weighted by molar-refractivity contribution is 0.628. The van der Waals surface area contributed by atoms with E-state index in [9.17, 15) is 4.39 Å². The molecule has 5 nitrogen and oxygen atoms in total. The number of aryl methyl sites for hydroxylation is 1. The molecule has 6 heteroatoms. The Bertz CT molecular complexity index is 604. The first-order chi connectivity index (χ1) is 8.06. The van der Waals surface area contributed by atoms with Crippen LogP contribution in [-0.2, 0) is 13.6 Å². The van der Waals surface area contributed by atoms with Gasteiger partial charge in [-0.3, -0.25) is 0 Å². The molecule has 3 rings (SSSR count). The first-order valence-electron chi connectivity index (χ1n) is 5.27. The number of fused-ring (bicyclic) bond motifs is 3. The third kappa shape index (κ3) is 1.37. The van der Waals surface area contributed by atoms with Crippen molar-refractivity contribution in [2.45, 2.75) is 6.54 Å². The van der Waals surface area contributed by atoms with Gasteiger partial charge in [0.2, 0.25) is 0 Å². The summed E-state index contributed by atoms with van der Waals surface area (Å²) in [7, 11) is 3.66. The zero-order valence-electron chi connectivity index (χ0n) is 9.61. The lowest BCUT2D eigenvalue weighted by Crippen LogP contribution is -2.23. The Morgan fingerprint density at radius 3 is 2.82 bits per heavy atom. The van der Waals surface area contributed by atoms with E-state index in [0.29, 0.717) is 23.5 Å². The van der Waals surface area contributed by atoms with Crippen molar-refractivity contribution in [2.75, 3.05) is 17.7 Å². The normalized spacial score (nSPS) is 13.5. The highest BCUT2D eigenvalue weighted by Crippen LogP contribution is 2.40. The number of hydrogen-bond acceptors (Lipinski definition) is 4. The minimum Gasteiger partial charge on any atom is -0.397 e. The largest absolute Gasteiger partial charge is 0.397 e. The summed E-state index contributed by atoms with van der Waals surface area (Å²) in [5, 5.41) is 8.53.